The first kappa shape index (κ1) is 32.3. The van der Waals surface area contributed by atoms with Crippen LogP contribution in [0, 0.1) is 0 Å². The van der Waals surface area contributed by atoms with Crippen LogP contribution >= 0.6 is 0 Å². The van der Waals surface area contributed by atoms with E-state index in [1.807, 2.05) is 66.7 Å². The zero-order valence-corrected chi connectivity index (χ0v) is 25.4. The van der Waals surface area contributed by atoms with Gasteiger partial charge in [0.05, 0.1) is 26.4 Å². The van der Waals surface area contributed by atoms with Crippen LogP contribution in [0.1, 0.15) is 16.7 Å². The van der Waals surface area contributed by atoms with Crippen LogP contribution in [0.2, 0.25) is 19.6 Å². The Balaban J connectivity index is 1.75. The monoisotopic (exact) mass is 604 g/mol. The van der Waals surface area contributed by atoms with Gasteiger partial charge in [-0.2, -0.15) is 13.2 Å². The molecule has 1 aliphatic rings. The number of ether oxygens (including phenoxy) is 5. The zero-order valence-electron chi connectivity index (χ0n) is 24.4. The molecule has 1 fully saturated rings. The highest BCUT2D eigenvalue weighted by Gasteiger charge is 2.72. The molecule has 0 bridgehead atoms. The van der Waals surface area contributed by atoms with Gasteiger partial charge in [-0.25, -0.2) is 0 Å². The van der Waals surface area contributed by atoms with Crippen molar-refractivity contribution in [2.45, 2.75) is 75.8 Å². The van der Waals surface area contributed by atoms with Crippen LogP contribution in [0.25, 0.3) is 0 Å². The van der Waals surface area contributed by atoms with E-state index in [1.165, 1.54) is 7.11 Å². The first-order chi connectivity index (χ1) is 20.0. The number of benzene rings is 3. The van der Waals surface area contributed by atoms with Crippen molar-refractivity contribution in [3.8, 4) is 0 Å². The Bertz CT molecular complexity index is 1210. The third-order valence-corrected chi connectivity index (χ3v) is 7.81. The summed E-state index contributed by atoms with van der Waals surface area (Å²) in [6, 6.07) is 27.4. The van der Waals surface area contributed by atoms with Gasteiger partial charge in [0.1, 0.15) is 18.3 Å². The normalized spacial score (nSPS) is 24.9. The summed E-state index contributed by atoms with van der Waals surface area (Å²) in [7, 11) is -1.53. The maximum Gasteiger partial charge on any atom is 0.421 e. The van der Waals surface area contributed by atoms with E-state index in [1.54, 1.807) is 43.9 Å². The fourth-order valence-electron chi connectivity index (χ4n) is 5.06. The first-order valence-electron chi connectivity index (χ1n) is 13.9. The van der Waals surface area contributed by atoms with Gasteiger partial charge in [0, 0.05) is 7.11 Å². The summed E-state index contributed by atoms with van der Waals surface area (Å²) >= 11 is 0. The van der Waals surface area contributed by atoms with Crippen LogP contribution in [0.4, 0.5) is 13.2 Å². The van der Waals surface area contributed by atoms with Gasteiger partial charge in [-0.1, -0.05) is 91.0 Å². The van der Waals surface area contributed by atoms with Gasteiger partial charge in [-0.3, -0.25) is 0 Å². The predicted octanol–water partition coefficient (Wildman–Crippen LogP) is 6.90. The van der Waals surface area contributed by atoms with Gasteiger partial charge in [0.2, 0.25) is 5.60 Å². The van der Waals surface area contributed by atoms with E-state index >= 15 is 13.2 Å². The molecule has 10 heteroatoms. The van der Waals surface area contributed by atoms with E-state index in [0.29, 0.717) is 5.56 Å². The average Bonchev–Trinajstić information content (AvgIpc) is 2.96. The molecule has 3 aromatic rings. The number of hydrogen-bond acceptors (Lipinski definition) is 6. The van der Waals surface area contributed by atoms with Crippen LogP contribution in [0.15, 0.2) is 91.0 Å². The molecule has 228 valence electrons. The van der Waals surface area contributed by atoms with Crippen molar-refractivity contribution in [2.75, 3.05) is 13.7 Å². The zero-order chi connectivity index (χ0) is 30.2. The lowest BCUT2D eigenvalue weighted by Crippen LogP contribution is -2.76. The standard InChI is InChI=1S/C32H39F3O6Si/c1-36-30-28(38-21-25-16-10-6-11-17-25)29(39-22-26-18-12-7-13-19-26)31(32(33,34)35,41-42(2,3)4)27(40-30)23-37-20-24-14-8-5-9-15-24/h5-19,27-30H,20-23H2,1-4H3/t27-,28-,29-,30-,31+/m1/s1. The predicted molar refractivity (Wildman–Crippen MR) is 155 cm³/mol. The minimum Gasteiger partial charge on any atom is -0.400 e. The molecule has 1 aliphatic heterocycles. The highest BCUT2D eigenvalue weighted by atomic mass is 28.4. The van der Waals surface area contributed by atoms with Gasteiger partial charge >= 0.3 is 6.18 Å². The second kappa shape index (κ2) is 14.3. The molecule has 1 heterocycles. The van der Waals surface area contributed by atoms with Gasteiger partial charge in [0.15, 0.2) is 14.6 Å². The molecule has 0 N–H and O–H groups in total. The highest BCUT2D eigenvalue weighted by molar-refractivity contribution is 6.69. The summed E-state index contributed by atoms with van der Waals surface area (Å²) in [5, 5.41) is 0. The molecule has 5 atom stereocenters. The molecule has 0 amide bonds. The van der Waals surface area contributed by atoms with Crippen molar-refractivity contribution in [2.24, 2.45) is 0 Å². The molecule has 0 radical (unpaired) electrons. The maximum atomic E-state index is 15.7. The Morgan fingerprint density at radius 1 is 0.738 bits per heavy atom. The summed E-state index contributed by atoms with van der Waals surface area (Å²) in [5.41, 5.74) is -0.590. The van der Waals surface area contributed by atoms with Gasteiger partial charge < -0.3 is 28.1 Å². The largest absolute Gasteiger partial charge is 0.421 e. The van der Waals surface area contributed by atoms with Gasteiger partial charge in [-0.15, -0.1) is 0 Å². The lowest BCUT2D eigenvalue weighted by molar-refractivity contribution is -0.399. The van der Waals surface area contributed by atoms with Gasteiger partial charge in [-0.05, 0) is 36.3 Å². The minimum absolute atomic E-state index is 0.0238. The van der Waals surface area contributed by atoms with Gasteiger partial charge in [0.25, 0.3) is 0 Å². The Labute approximate surface area is 246 Å². The molecule has 42 heavy (non-hydrogen) atoms. The Morgan fingerprint density at radius 3 is 1.67 bits per heavy atom. The quantitative estimate of drug-likeness (QED) is 0.198. The molecule has 6 nitrogen and oxygen atoms in total. The number of rotatable bonds is 13. The second-order valence-corrected chi connectivity index (χ2v) is 15.6. The molecule has 0 aliphatic carbocycles. The molecular weight excluding hydrogens is 565 g/mol. The molecule has 0 saturated carbocycles. The van der Waals surface area contributed by atoms with E-state index in [-0.39, 0.29) is 19.8 Å². The Morgan fingerprint density at radius 2 is 1.21 bits per heavy atom. The molecule has 0 aromatic heterocycles. The summed E-state index contributed by atoms with van der Waals surface area (Å²) in [6.45, 7) is 4.74. The van der Waals surface area contributed by atoms with Crippen molar-refractivity contribution in [1.82, 2.24) is 0 Å². The minimum atomic E-state index is -4.91. The lowest BCUT2D eigenvalue weighted by Gasteiger charge is -2.55. The fourth-order valence-corrected chi connectivity index (χ4v) is 6.44. The van der Waals surface area contributed by atoms with E-state index in [2.05, 4.69) is 0 Å². The molecule has 0 unspecified atom stereocenters. The Kier molecular flexibility index (Phi) is 11.0. The van der Waals surface area contributed by atoms with Crippen LogP contribution < -0.4 is 0 Å². The topological polar surface area (TPSA) is 55.4 Å². The number of alkyl halides is 3. The van der Waals surface area contributed by atoms with E-state index < -0.39 is 51.3 Å². The number of halogens is 3. The van der Waals surface area contributed by atoms with E-state index in [0.717, 1.165) is 11.1 Å². The summed E-state index contributed by atoms with van der Waals surface area (Å²) in [5.74, 6) is 0. The molecule has 1 saturated heterocycles. The SMILES string of the molecule is CO[C@@H]1O[C@H](COCc2ccccc2)[C@@](O[Si](C)(C)C)(C(F)(F)F)[C@H](OCc2ccccc2)[C@H]1OCc1ccccc1. The van der Waals surface area contributed by atoms with Crippen molar-refractivity contribution in [3.63, 3.8) is 0 Å². The lowest BCUT2D eigenvalue weighted by atomic mass is 9.83. The third-order valence-electron chi connectivity index (χ3n) is 6.85. The molecule has 3 aromatic carbocycles. The number of methoxy groups -OCH3 is 1. The van der Waals surface area contributed by atoms with E-state index in [9.17, 15) is 0 Å². The molecule has 4 rings (SSSR count). The highest BCUT2D eigenvalue weighted by Crippen LogP contribution is 2.49. The summed E-state index contributed by atoms with van der Waals surface area (Å²) in [6.07, 6.45) is -10.6. The first-order valence-corrected chi connectivity index (χ1v) is 17.3. The average molecular weight is 605 g/mol. The third kappa shape index (κ3) is 8.07. The van der Waals surface area contributed by atoms with Crippen LogP contribution in [0.3, 0.4) is 0 Å². The Hall–Kier alpha value is -2.57. The number of hydrogen-bond donors (Lipinski definition) is 0. The second-order valence-electron chi connectivity index (χ2n) is 11.2. The smallest absolute Gasteiger partial charge is 0.400 e. The van der Waals surface area contributed by atoms with Crippen molar-refractivity contribution >= 4 is 8.32 Å². The fraction of sp³-hybridized carbons (Fsp3) is 0.438. The van der Waals surface area contributed by atoms with E-state index in [4.69, 9.17) is 28.1 Å². The maximum absolute atomic E-state index is 15.7. The molecular formula is C32H39F3O6Si. The van der Waals surface area contributed by atoms with Crippen LogP contribution in [0.5, 0.6) is 0 Å². The summed E-state index contributed by atoms with van der Waals surface area (Å²) < 4.78 is 83.1. The van der Waals surface area contributed by atoms with Crippen LogP contribution in [-0.2, 0) is 47.9 Å². The van der Waals surface area contributed by atoms with Crippen LogP contribution in [-0.4, -0.2) is 58.4 Å². The molecule has 0 spiro atoms. The van der Waals surface area contributed by atoms with Crippen molar-refractivity contribution in [3.05, 3.63) is 108 Å². The van der Waals surface area contributed by atoms with Crippen molar-refractivity contribution < 1.29 is 41.3 Å². The van der Waals surface area contributed by atoms with Crippen molar-refractivity contribution in [1.29, 1.82) is 0 Å². The summed E-state index contributed by atoms with van der Waals surface area (Å²) in [4.78, 5) is 0.